The first-order chi connectivity index (χ1) is 12.6. The molecule has 4 heteroatoms. The molecule has 1 atom stereocenters. The van der Waals surface area contributed by atoms with Crippen LogP contribution in [0.3, 0.4) is 0 Å². The summed E-state index contributed by atoms with van der Waals surface area (Å²) in [6.45, 7) is 6.01. The third-order valence-corrected chi connectivity index (χ3v) is 4.56. The number of ether oxygens (including phenoxy) is 2. The normalized spacial score (nSPS) is 12.0. The van der Waals surface area contributed by atoms with E-state index in [0.29, 0.717) is 12.8 Å². The number of rotatable bonds is 18. The Labute approximate surface area is 161 Å². The third kappa shape index (κ3) is 17.8. The van der Waals surface area contributed by atoms with E-state index in [4.69, 9.17) is 9.47 Å². The van der Waals surface area contributed by atoms with Crippen LogP contribution in [0.25, 0.3) is 0 Å². The van der Waals surface area contributed by atoms with E-state index in [2.05, 4.69) is 13.8 Å². The van der Waals surface area contributed by atoms with Crippen molar-refractivity contribution in [3.63, 3.8) is 0 Å². The van der Waals surface area contributed by atoms with Crippen molar-refractivity contribution >= 4 is 11.9 Å². The van der Waals surface area contributed by atoms with Crippen LogP contribution in [0.2, 0.25) is 0 Å². The highest BCUT2D eigenvalue weighted by atomic mass is 16.7. The van der Waals surface area contributed by atoms with Crippen molar-refractivity contribution in [3.05, 3.63) is 0 Å². The van der Waals surface area contributed by atoms with Gasteiger partial charge >= 0.3 is 11.9 Å². The molecule has 0 rings (SSSR count). The fourth-order valence-corrected chi connectivity index (χ4v) is 2.97. The van der Waals surface area contributed by atoms with Gasteiger partial charge in [-0.05, 0) is 12.8 Å². The molecule has 0 N–H and O–H groups in total. The van der Waals surface area contributed by atoms with E-state index in [1.54, 1.807) is 6.92 Å². The average molecular weight is 371 g/mol. The first-order valence-electron chi connectivity index (χ1n) is 11.0. The van der Waals surface area contributed by atoms with Gasteiger partial charge in [0.15, 0.2) is 0 Å². The molecule has 1 unspecified atom stereocenters. The van der Waals surface area contributed by atoms with Crippen molar-refractivity contribution in [2.45, 2.75) is 130 Å². The highest BCUT2D eigenvalue weighted by molar-refractivity contribution is 5.71. The molecule has 0 saturated carbocycles. The number of carbonyl (C=O) groups excluding carboxylic acids is 2. The van der Waals surface area contributed by atoms with Gasteiger partial charge in [-0.15, -0.1) is 0 Å². The summed E-state index contributed by atoms with van der Waals surface area (Å²) >= 11 is 0. The number of carbonyl (C=O) groups is 2. The number of hydrogen-bond donors (Lipinski definition) is 0. The molecule has 0 saturated heterocycles. The van der Waals surface area contributed by atoms with Crippen LogP contribution in [0, 0.1) is 0 Å². The van der Waals surface area contributed by atoms with Gasteiger partial charge in [-0.2, -0.15) is 0 Å². The van der Waals surface area contributed by atoms with Crippen LogP contribution in [0.15, 0.2) is 0 Å². The van der Waals surface area contributed by atoms with E-state index in [-0.39, 0.29) is 11.9 Å². The molecule has 0 bridgehead atoms. The summed E-state index contributed by atoms with van der Waals surface area (Å²) in [4.78, 5) is 23.4. The van der Waals surface area contributed by atoms with E-state index >= 15 is 0 Å². The largest absolute Gasteiger partial charge is 0.425 e. The molecule has 0 aromatic carbocycles. The second-order valence-corrected chi connectivity index (χ2v) is 7.29. The summed E-state index contributed by atoms with van der Waals surface area (Å²) in [5.74, 6) is -0.541. The first kappa shape index (κ1) is 24.9. The molecule has 4 nitrogen and oxygen atoms in total. The summed E-state index contributed by atoms with van der Waals surface area (Å²) in [5, 5.41) is 0. The van der Waals surface area contributed by atoms with Gasteiger partial charge in [-0.25, -0.2) is 0 Å². The SMILES string of the molecule is CCCCCCCCCCCC(=O)OC(C)OC(=O)CCCCCCC. The Morgan fingerprint density at radius 3 is 1.23 bits per heavy atom. The lowest BCUT2D eigenvalue weighted by atomic mass is 10.1. The molecule has 0 heterocycles. The van der Waals surface area contributed by atoms with Gasteiger partial charge in [0.05, 0.1) is 0 Å². The van der Waals surface area contributed by atoms with E-state index in [9.17, 15) is 9.59 Å². The average Bonchev–Trinajstić information content (AvgIpc) is 2.60. The van der Waals surface area contributed by atoms with Crippen molar-refractivity contribution in [2.24, 2.45) is 0 Å². The van der Waals surface area contributed by atoms with Gasteiger partial charge in [0.1, 0.15) is 0 Å². The predicted molar refractivity (Wildman–Crippen MR) is 107 cm³/mol. The monoisotopic (exact) mass is 370 g/mol. The Bertz CT molecular complexity index is 341. The molecule has 0 amide bonds. The van der Waals surface area contributed by atoms with Crippen LogP contribution < -0.4 is 0 Å². The molecule has 0 aliphatic rings. The molecule has 0 spiro atoms. The zero-order valence-electron chi connectivity index (χ0n) is 17.5. The Morgan fingerprint density at radius 1 is 0.577 bits per heavy atom. The number of hydrogen-bond acceptors (Lipinski definition) is 4. The second-order valence-electron chi connectivity index (χ2n) is 7.29. The van der Waals surface area contributed by atoms with Crippen molar-refractivity contribution < 1.29 is 19.1 Å². The van der Waals surface area contributed by atoms with Crippen LogP contribution in [0.4, 0.5) is 0 Å². The van der Waals surface area contributed by atoms with Gasteiger partial charge in [0, 0.05) is 19.8 Å². The zero-order chi connectivity index (χ0) is 19.5. The molecule has 0 aliphatic carbocycles. The fourth-order valence-electron chi connectivity index (χ4n) is 2.97. The molecule has 154 valence electrons. The summed E-state index contributed by atoms with van der Waals surface area (Å²) < 4.78 is 10.3. The summed E-state index contributed by atoms with van der Waals surface area (Å²) in [6, 6.07) is 0. The lowest BCUT2D eigenvalue weighted by Gasteiger charge is -2.14. The van der Waals surface area contributed by atoms with Gasteiger partial charge in [-0.1, -0.05) is 90.9 Å². The summed E-state index contributed by atoms with van der Waals surface area (Å²) in [7, 11) is 0. The number of esters is 2. The van der Waals surface area contributed by atoms with Crippen molar-refractivity contribution in [2.75, 3.05) is 0 Å². The minimum Gasteiger partial charge on any atom is -0.425 e. The van der Waals surface area contributed by atoms with Gasteiger partial charge < -0.3 is 9.47 Å². The lowest BCUT2D eigenvalue weighted by molar-refractivity contribution is -0.184. The van der Waals surface area contributed by atoms with Crippen molar-refractivity contribution in [1.29, 1.82) is 0 Å². The number of unbranched alkanes of at least 4 members (excludes halogenated alkanes) is 12. The molecule has 0 radical (unpaired) electrons. The lowest BCUT2D eigenvalue weighted by Crippen LogP contribution is -2.21. The maximum atomic E-state index is 11.8. The first-order valence-corrected chi connectivity index (χ1v) is 11.0. The molecule has 26 heavy (non-hydrogen) atoms. The van der Waals surface area contributed by atoms with Crippen LogP contribution in [-0.2, 0) is 19.1 Å². The fraction of sp³-hybridized carbons (Fsp3) is 0.909. The molecule has 0 aliphatic heterocycles. The Balaban J connectivity index is 3.50. The van der Waals surface area contributed by atoms with Gasteiger partial charge in [0.2, 0.25) is 6.29 Å². The van der Waals surface area contributed by atoms with Crippen LogP contribution in [-0.4, -0.2) is 18.2 Å². The highest BCUT2D eigenvalue weighted by Gasteiger charge is 2.13. The second kappa shape index (κ2) is 18.7. The predicted octanol–water partition coefficient (Wildman–Crippen LogP) is 6.70. The Hall–Kier alpha value is -1.06. The van der Waals surface area contributed by atoms with Gasteiger partial charge in [0.25, 0.3) is 0 Å². The summed E-state index contributed by atoms with van der Waals surface area (Å²) in [5.41, 5.74) is 0. The van der Waals surface area contributed by atoms with Crippen LogP contribution in [0.1, 0.15) is 124 Å². The maximum Gasteiger partial charge on any atom is 0.308 e. The molecule has 0 aromatic rings. The zero-order valence-corrected chi connectivity index (χ0v) is 17.5. The van der Waals surface area contributed by atoms with Crippen LogP contribution in [0.5, 0.6) is 0 Å². The van der Waals surface area contributed by atoms with E-state index < -0.39 is 6.29 Å². The molecule has 0 fully saturated rings. The van der Waals surface area contributed by atoms with Crippen molar-refractivity contribution in [3.8, 4) is 0 Å². The van der Waals surface area contributed by atoms with E-state index in [1.807, 2.05) is 0 Å². The summed E-state index contributed by atoms with van der Waals surface area (Å²) in [6.07, 6.45) is 16.5. The Morgan fingerprint density at radius 2 is 0.885 bits per heavy atom. The van der Waals surface area contributed by atoms with Gasteiger partial charge in [-0.3, -0.25) is 9.59 Å². The van der Waals surface area contributed by atoms with E-state index in [0.717, 1.165) is 32.1 Å². The van der Waals surface area contributed by atoms with Crippen molar-refractivity contribution in [1.82, 2.24) is 0 Å². The smallest absolute Gasteiger partial charge is 0.308 e. The minimum atomic E-state index is -0.774. The maximum absolute atomic E-state index is 11.8. The standard InChI is InChI=1S/C22H42O4/c1-4-6-8-10-11-12-13-15-17-19-22(24)26-20(3)25-21(23)18-16-14-9-7-5-2/h20H,4-19H2,1-3H3. The topological polar surface area (TPSA) is 52.6 Å². The third-order valence-electron chi connectivity index (χ3n) is 4.56. The Kier molecular flexibility index (Phi) is 18.0. The molecular weight excluding hydrogens is 328 g/mol. The molecular formula is C22H42O4. The van der Waals surface area contributed by atoms with E-state index in [1.165, 1.54) is 57.8 Å². The quantitative estimate of drug-likeness (QED) is 0.153. The van der Waals surface area contributed by atoms with Crippen LogP contribution >= 0.6 is 0 Å². The highest BCUT2D eigenvalue weighted by Crippen LogP contribution is 2.12. The minimum absolute atomic E-state index is 0.267. The molecule has 0 aromatic heterocycles.